The van der Waals surface area contributed by atoms with E-state index in [9.17, 15) is 19.6 Å². The molecule has 1 aromatic carbocycles. The molecule has 0 radical (unpaired) electrons. The van der Waals surface area contributed by atoms with Crippen LogP contribution in [0.1, 0.15) is 34.3 Å². The number of hydrogen-bond donors (Lipinski definition) is 3. The molecule has 3 rings (SSSR count). The Morgan fingerprint density at radius 2 is 2.33 bits per heavy atom. The molecule has 1 aliphatic heterocycles. The van der Waals surface area contributed by atoms with Gasteiger partial charge in [0, 0.05) is 44.1 Å². The molecule has 3 unspecified atom stereocenters. The Balaban J connectivity index is 1.86. The molecule has 0 saturated carbocycles. The van der Waals surface area contributed by atoms with Crippen molar-refractivity contribution in [3.8, 4) is 18.4 Å². The first-order chi connectivity index (χ1) is 15.7. The number of rotatable bonds is 8. The number of nitrogens with zero attached hydrogens (tertiary/aromatic N) is 4. The van der Waals surface area contributed by atoms with Crippen LogP contribution in [-0.4, -0.2) is 58.5 Å². The number of carbonyl (C=O) groups excluding carboxylic acids is 1. The van der Waals surface area contributed by atoms with Crippen molar-refractivity contribution in [3.63, 3.8) is 0 Å². The Hall–Kier alpha value is -3.51. The molecule has 1 amide bonds. The molecule has 1 fully saturated rings. The van der Waals surface area contributed by atoms with Crippen molar-refractivity contribution < 1.29 is 23.4 Å². The fourth-order valence-electron chi connectivity index (χ4n) is 3.89. The fourth-order valence-corrected chi connectivity index (χ4v) is 3.89. The molecule has 1 aromatic heterocycles. The van der Waals surface area contributed by atoms with Crippen LogP contribution < -0.4 is 11.1 Å². The van der Waals surface area contributed by atoms with Gasteiger partial charge in [-0.3, -0.25) is 14.4 Å². The van der Waals surface area contributed by atoms with Crippen molar-refractivity contribution in [3.05, 3.63) is 46.9 Å². The number of nitrogens with one attached hydrogen (secondary N) is 1. The summed E-state index contributed by atoms with van der Waals surface area (Å²) in [7, 11) is 1.23. The Bertz CT molecular complexity index is 1110. The van der Waals surface area contributed by atoms with Gasteiger partial charge in [0.15, 0.2) is 5.82 Å². The molecule has 11 heteroatoms. The molecule has 1 aliphatic rings. The molecule has 3 atom stereocenters. The summed E-state index contributed by atoms with van der Waals surface area (Å²) in [5, 5.41) is 25.8. The molecular formula is C22H24F2N6O3. The average Bonchev–Trinajstić information content (AvgIpc) is 3.21. The minimum atomic E-state index is -1.57. The number of anilines is 1. The van der Waals surface area contributed by atoms with E-state index in [0.29, 0.717) is 17.7 Å². The van der Waals surface area contributed by atoms with E-state index < -0.39 is 29.8 Å². The monoisotopic (exact) mass is 458 g/mol. The highest BCUT2D eigenvalue weighted by Gasteiger charge is 2.46. The highest BCUT2D eigenvalue weighted by molar-refractivity contribution is 5.97. The maximum absolute atomic E-state index is 15.6. The largest absolute Gasteiger partial charge is 0.365 e. The highest BCUT2D eigenvalue weighted by Crippen LogP contribution is 2.37. The number of halogens is 2. The predicted octanol–water partition coefficient (Wildman–Crippen LogP) is 1.29. The summed E-state index contributed by atoms with van der Waals surface area (Å²) in [5.41, 5.74) is 4.73. The van der Waals surface area contributed by atoms with Gasteiger partial charge in [-0.1, -0.05) is 12.0 Å². The Morgan fingerprint density at radius 1 is 1.58 bits per heavy atom. The van der Waals surface area contributed by atoms with Crippen molar-refractivity contribution in [2.75, 3.05) is 25.5 Å². The van der Waals surface area contributed by atoms with Crippen molar-refractivity contribution in [1.29, 1.82) is 5.26 Å². The van der Waals surface area contributed by atoms with E-state index in [1.165, 1.54) is 24.1 Å². The fraction of sp³-hybridized carbons (Fsp3) is 0.409. The first-order valence-electron chi connectivity index (χ1n) is 10.1. The van der Waals surface area contributed by atoms with Crippen molar-refractivity contribution >= 4 is 11.7 Å². The van der Waals surface area contributed by atoms with Gasteiger partial charge in [0.25, 0.3) is 5.91 Å². The average molecular weight is 458 g/mol. The SMILES string of the molecule is C#Cc1ccc(CN2CCC(CC#N)(n3cc(C(N)=O)c(NC(O)OC)n3)C(F)C2)c(F)c1. The van der Waals surface area contributed by atoms with E-state index in [0.717, 1.165) is 0 Å². The number of nitrogens with two attached hydrogens (primary N) is 1. The van der Waals surface area contributed by atoms with Crippen LogP contribution in [0.4, 0.5) is 14.6 Å². The number of terminal acetylenes is 1. The number of primary amides is 1. The first-order valence-corrected chi connectivity index (χ1v) is 10.1. The number of ether oxygens (including phenoxy) is 1. The number of amides is 1. The number of hydrogen-bond acceptors (Lipinski definition) is 7. The number of aromatic nitrogens is 2. The van der Waals surface area contributed by atoms with Crippen LogP contribution in [0.15, 0.2) is 24.4 Å². The molecule has 2 heterocycles. The van der Waals surface area contributed by atoms with E-state index in [-0.39, 0.29) is 37.3 Å². The highest BCUT2D eigenvalue weighted by atomic mass is 19.1. The van der Waals surface area contributed by atoms with Gasteiger partial charge in [0.05, 0.1) is 12.5 Å². The maximum atomic E-state index is 15.6. The second-order valence-electron chi connectivity index (χ2n) is 7.77. The normalized spacial score (nSPS) is 21.7. The van der Waals surface area contributed by atoms with Gasteiger partial charge in [-0.05, 0) is 18.6 Å². The van der Waals surface area contributed by atoms with E-state index in [1.807, 2.05) is 6.07 Å². The van der Waals surface area contributed by atoms with Crippen LogP contribution in [0.2, 0.25) is 0 Å². The number of piperidine rings is 1. The number of alkyl halides is 1. The number of benzene rings is 1. The van der Waals surface area contributed by atoms with E-state index in [2.05, 4.69) is 16.3 Å². The summed E-state index contributed by atoms with van der Waals surface area (Å²) in [6.07, 6.45) is 3.44. The number of likely N-dealkylation sites (tertiary alicyclic amines) is 1. The molecule has 1 saturated heterocycles. The van der Waals surface area contributed by atoms with Crippen LogP contribution in [-0.2, 0) is 16.8 Å². The molecule has 0 aliphatic carbocycles. The Labute approximate surface area is 189 Å². The predicted molar refractivity (Wildman–Crippen MR) is 115 cm³/mol. The molecular weight excluding hydrogens is 434 g/mol. The van der Waals surface area contributed by atoms with Gasteiger partial charge in [0.2, 0.25) is 6.41 Å². The minimum Gasteiger partial charge on any atom is -0.365 e. The number of carbonyl (C=O) groups is 1. The van der Waals surface area contributed by atoms with Crippen molar-refractivity contribution in [2.24, 2.45) is 5.73 Å². The molecule has 4 N–H and O–H groups in total. The van der Waals surface area contributed by atoms with Gasteiger partial charge < -0.3 is 20.9 Å². The lowest BCUT2D eigenvalue weighted by Crippen LogP contribution is -2.54. The van der Waals surface area contributed by atoms with Crippen LogP contribution in [0.3, 0.4) is 0 Å². The van der Waals surface area contributed by atoms with Crippen LogP contribution in [0, 0.1) is 29.5 Å². The zero-order valence-electron chi connectivity index (χ0n) is 18.0. The number of methoxy groups -OCH3 is 1. The molecule has 2 aromatic rings. The van der Waals surface area contributed by atoms with Gasteiger partial charge in [0.1, 0.15) is 23.1 Å². The van der Waals surface area contributed by atoms with Gasteiger partial charge in [-0.25, -0.2) is 8.78 Å². The van der Waals surface area contributed by atoms with E-state index in [1.54, 1.807) is 17.0 Å². The second-order valence-corrected chi connectivity index (χ2v) is 7.77. The zero-order valence-corrected chi connectivity index (χ0v) is 18.0. The minimum absolute atomic E-state index is 0.0891. The van der Waals surface area contributed by atoms with Crippen LogP contribution >= 0.6 is 0 Å². The molecule has 0 bridgehead atoms. The quantitative estimate of drug-likeness (QED) is 0.402. The Morgan fingerprint density at radius 3 is 2.91 bits per heavy atom. The number of aliphatic hydroxyl groups excluding tert-OH is 1. The third kappa shape index (κ3) is 4.96. The van der Waals surface area contributed by atoms with Crippen molar-refractivity contribution in [1.82, 2.24) is 14.7 Å². The van der Waals surface area contributed by atoms with Gasteiger partial charge in [-0.2, -0.15) is 10.4 Å². The topological polar surface area (TPSA) is 129 Å². The first kappa shape index (κ1) is 24.1. The lowest BCUT2D eigenvalue weighted by Gasteiger charge is -2.43. The maximum Gasteiger partial charge on any atom is 0.254 e. The lowest BCUT2D eigenvalue weighted by atomic mass is 9.83. The molecule has 33 heavy (non-hydrogen) atoms. The van der Waals surface area contributed by atoms with Crippen LogP contribution in [0.5, 0.6) is 0 Å². The van der Waals surface area contributed by atoms with E-state index >= 15 is 4.39 Å². The summed E-state index contributed by atoms with van der Waals surface area (Å²) in [4.78, 5) is 13.6. The lowest BCUT2D eigenvalue weighted by molar-refractivity contribution is -0.0514. The number of aliphatic hydroxyl groups is 1. The second kappa shape index (κ2) is 9.96. The number of nitriles is 1. The third-order valence-electron chi connectivity index (χ3n) is 5.78. The zero-order chi connectivity index (χ0) is 24.2. The summed E-state index contributed by atoms with van der Waals surface area (Å²) < 4.78 is 35.9. The molecule has 9 nitrogen and oxygen atoms in total. The summed E-state index contributed by atoms with van der Waals surface area (Å²) in [6, 6.07) is 6.44. The standard InChI is InChI=1S/C22H24F2N6O3/c1-3-14-4-5-15(17(23)10-14)11-29-9-7-22(6-8-25,18(24)13-29)30-12-16(19(26)31)20(28-30)27-21(32)33-2/h1,4-5,10,12,18,21,32H,6-7,9,11,13H2,2H3,(H2,26,31)(H,27,28). The summed E-state index contributed by atoms with van der Waals surface area (Å²) in [6.45, 7) is 0.416. The van der Waals surface area contributed by atoms with Gasteiger partial charge in [-0.15, -0.1) is 6.42 Å². The molecule has 0 spiro atoms. The Kier molecular flexibility index (Phi) is 7.29. The summed E-state index contributed by atoms with van der Waals surface area (Å²) in [5.74, 6) is 0.944. The van der Waals surface area contributed by atoms with Gasteiger partial charge >= 0.3 is 0 Å². The molecule has 174 valence electrons. The third-order valence-corrected chi connectivity index (χ3v) is 5.78. The smallest absolute Gasteiger partial charge is 0.254 e. The summed E-state index contributed by atoms with van der Waals surface area (Å²) >= 11 is 0. The van der Waals surface area contributed by atoms with Crippen molar-refractivity contribution in [2.45, 2.75) is 37.5 Å². The van der Waals surface area contributed by atoms with Crippen LogP contribution in [0.25, 0.3) is 0 Å². The van der Waals surface area contributed by atoms with E-state index in [4.69, 9.17) is 16.9 Å².